The van der Waals surface area contributed by atoms with Crippen LogP contribution < -0.4 is 27.0 Å². The number of unbranched alkanes of at least 4 members (excludes halogenated alkanes) is 3. The molecule has 1 aromatic carbocycles. The van der Waals surface area contributed by atoms with Gasteiger partial charge < -0.3 is 30.9 Å². The molecule has 0 aliphatic carbocycles. The second-order valence-electron chi connectivity index (χ2n) is 9.92. The van der Waals surface area contributed by atoms with Gasteiger partial charge in [-0.3, -0.25) is 14.5 Å². The first-order chi connectivity index (χ1) is 18.5. The van der Waals surface area contributed by atoms with Crippen molar-refractivity contribution in [2.75, 3.05) is 46.4 Å². The van der Waals surface area contributed by atoms with E-state index in [9.17, 15) is 4.79 Å². The van der Waals surface area contributed by atoms with E-state index in [0.29, 0.717) is 25.6 Å². The molecule has 3 aliphatic rings. The van der Waals surface area contributed by atoms with Gasteiger partial charge in [-0.2, -0.15) is 0 Å². The summed E-state index contributed by atoms with van der Waals surface area (Å²) in [7, 11) is 1.71. The molecule has 38 heavy (non-hydrogen) atoms. The second-order valence-corrected chi connectivity index (χ2v) is 9.92. The maximum absolute atomic E-state index is 12.0. The number of hydrogen-bond donors (Lipinski definition) is 4. The van der Waals surface area contributed by atoms with Crippen LogP contribution in [0.3, 0.4) is 0 Å². The number of carbonyl (C=O) groups excluding carboxylic acids is 1. The molecule has 208 valence electrons. The Morgan fingerprint density at radius 1 is 1.18 bits per heavy atom. The first-order valence-electron chi connectivity index (χ1n) is 13.5. The van der Waals surface area contributed by atoms with E-state index < -0.39 is 0 Å². The number of rotatable bonds is 13. The predicted molar refractivity (Wildman–Crippen MR) is 147 cm³/mol. The van der Waals surface area contributed by atoms with Crippen molar-refractivity contribution in [2.45, 2.75) is 51.7 Å². The number of aliphatic imine (C=N–C) groups is 1. The number of nitrogens with two attached hydrogens (primary N) is 2. The van der Waals surface area contributed by atoms with Gasteiger partial charge in [0.2, 0.25) is 0 Å². The number of piperazine rings is 1. The number of nitrogens with one attached hydrogen (secondary N) is 2. The van der Waals surface area contributed by atoms with Crippen molar-refractivity contribution in [1.29, 1.82) is 0 Å². The van der Waals surface area contributed by atoms with Crippen LogP contribution >= 0.6 is 0 Å². The zero-order chi connectivity index (χ0) is 26.9. The van der Waals surface area contributed by atoms with Crippen LogP contribution in [0.2, 0.25) is 0 Å². The van der Waals surface area contributed by atoms with Crippen molar-refractivity contribution in [3.63, 3.8) is 0 Å². The van der Waals surface area contributed by atoms with Gasteiger partial charge in [-0.15, -0.1) is 0 Å². The SMILES string of the molecule is CCCCCCNC1=C2C(C=CN2Cc2ccc(CN3CCN(C(=O)CON)CC3)cc2OC)N=C(N)N1. The highest BCUT2D eigenvalue weighted by Gasteiger charge is 2.30. The molecule has 1 saturated heterocycles. The van der Waals surface area contributed by atoms with Gasteiger partial charge in [0, 0.05) is 51.0 Å². The molecule has 0 spiro atoms. The minimum atomic E-state index is -0.0957. The van der Waals surface area contributed by atoms with Crippen LogP contribution in [0.4, 0.5) is 0 Å². The molecule has 0 bridgehead atoms. The number of benzene rings is 1. The van der Waals surface area contributed by atoms with Crippen molar-refractivity contribution in [1.82, 2.24) is 25.3 Å². The molecular weight excluding hydrogens is 484 g/mol. The molecule has 6 N–H and O–H groups in total. The first kappa shape index (κ1) is 27.7. The quantitative estimate of drug-likeness (QED) is 0.221. The lowest BCUT2D eigenvalue weighted by molar-refractivity contribution is -0.138. The molecule has 11 heteroatoms. The smallest absolute Gasteiger partial charge is 0.250 e. The molecule has 0 aromatic heterocycles. The molecule has 1 fully saturated rings. The van der Waals surface area contributed by atoms with E-state index in [1.54, 1.807) is 12.0 Å². The highest BCUT2D eigenvalue weighted by atomic mass is 16.6. The summed E-state index contributed by atoms with van der Waals surface area (Å²) in [4.78, 5) is 27.4. The van der Waals surface area contributed by atoms with Crippen molar-refractivity contribution in [3.8, 4) is 5.75 Å². The molecule has 3 heterocycles. The third kappa shape index (κ3) is 6.97. The Morgan fingerprint density at radius 3 is 2.74 bits per heavy atom. The number of hydrogen-bond acceptors (Lipinski definition) is 10. The second kappa shape index (κ2) is 13.5. The summed E-state index contributed by atoms with van der Waals surface area (Å²) in [6, 6.07) is 6.32. The third-order valence-corrected chi connectivity index (χ3v) is 7.19. The summed E-state index contributed by atoms with van der Waals surface area (Å²) in [5, 5.41) is 6.78. The lowest BCUT2D eigenvalue weighted by atomic mass is 10.1. The molecule has 1 unspecified atom stereocenters. The Labute approximate surface area is 225 Å². The van der Waals surface area contributed by atoms with E-state index in [0.717, 1.165) is 55.4 Å². The van der Waals surface area contributed by atoms with Crippen LogP contribution in [0.1, 0.15) is 43.7 Å². The largest absolute Gasteiger partial charge is 0.496 e. The predicted octanol–water partition coefficient (Wildman–Crippen LogP) is 1.18. The number of nitrogens with zero attached hydrogens (tertiary/aromatic N) is 4. The van der Waals surface area contributed by atoms with Gasteiger partial charge >= 0.3 is 0 Å². The minimum Gasteiger partial charge on any atom is -0.496 e. The topological polar surface area (TPSA) is 134 Å². The van der Waals surface area contributed by atoms with Crippen molar-refractivity contribution in [2.24, 2.45) is 16.6 Å². The number of guanidine groups is 1. The normalized spacial score (nSPS) is 19.3. The Kier molecular flexibility index (Phi) is 9.85. The van der Waals surface area contributed by atoms with Crippen molar-refractivity contribution < 1.29 is 14.4 Å². The highest BCUT2D eigenvalue weighted by molar-refractivity contribution is 5.81. The summed E-state index contributed by atoms with van der Waals surface area (Å²) in [6.07, 6.45) is 8.94. The van der Waals surface area contributed by atoms with Gasteiger partial charge in [0.25, 0.3) is 5.91 Å². The Morgan fingerprint density at radius 2 is 2.00 bits per heavy atom. The van der Waals surface area contributed by atoms with Crippen molar-refractivity contribution >= 4 is 11.9 Å². The first-order valence-corrected chi connectivity index (χ1v) is 13.5. The fraction of sp³-hybridized carbons (Fsp3) is 0.556. The summed E-state index contributed by atoms with van der Waals surface area (Å²) in [5.41, 5.74) is 9.41. The van der Waals surface area contributed by atoms with Gasteiger partial charge in [-0.1, -0.05) is 38.3 Å². The zero-order valence-electron chi connectivity index (χ0n) is 22.6. The Hall–Kier alpha value is -3.28. The van der Waals surface area contributed by atoms with E-state index in [1.807, 2.05) is 0 Å². The number of amides is 1. The maximum atomic E-state index is 12.0. The molecular formula is C27H42N8O3. The summed E-state index contributed by atoms with van der Waals surface area (Å²) < 4.78 is 5.80. The van der Waals surface area contributed by atoms with E-state index in [2.05, 4.69) is 67.7 Å². The average molecular weight is 527 g/mol. The molecule has 11 nitrogen and oxygen atoms in total. The van der Waals surface area contributed by atoms with Crippen LogP contribution in [-0.2, 0) is 22.7 Å². The van der Waals surface area contributed by atoms with Crippen LogP contribution in [0, 0.1) is 0 Å². The molecule has 1 aromatic rings. The zero-order valence-corrected chi connectivity index (χ0v) is 22.6. The highest BCUT2D eigenvalue weighted by Crippen LogP contribution is 2.31. The molecule has 0 saturated carbocycles. The lowest BCUT2D eigenvalue weighted by Gasteiger charge is -2.34. The van der Waals surface area contributed by atoms with E-state index >= 15 is 0 Å². The number of carbonyl (C=O) groups is 1. The van der Waals surface area contributed by atoms with E-state index in [1.165, 1.54) is 24.8 Å². The van der Waals surface area contributed by atoms with E-state index in [-0.39, 0.29) is 18.6 Å². The summed E-state index contributed by atoms with van der Waals surface area (Å²) in [5.74, 6) is 7.19. The van der Waals surface area contributed by atoms with E-state index in [4.69, 9.17) is 16.4 Å². The van der Waals surface area contributed by atoms with Gasteiger partial charge in [0.05, 0.1) is 19.4 Å². The van der Waals surface area contributed by atoms with Crippen LogP contribution in [0.25, 0.3) is 0 Å². The molecule has 1 atom stereocenters. The van der Waals surface area contributed by atoms with Gasteiger partial charge in [0.15, 0.2) is 5.96 Å². The van der Waals surface area contributed by atoms with Crippen LogP contribution in [0.15, 0.2) is 47.0 Å². The number of methoxy groups -OCH3 is 1. The fourth-order valence-electron chi connectivity index (χ4n) is 5.11. The standard InChI is InChI=1S/C27H42N8O3/c1-3-4-5-6-10-30-26-25-22(31-27(28)32-26)9-11-35(25)18-21-8-7-20(16-23(21)37-2)17-33-12-14-34(15-13-33)24(36)19-38-29/h7-9,11,16,22,30H,3-6,10,12-15,17-19,29H2,1-2H3,(H3,28,31,32). The Bertz CT molecular complexity index is 1050. The lowest BCUT2D eigenvalue weighted by Crippen LogP contribution is -2.49. The Balaban J connectivity index is 1.39. The molecule has 1 amide bonds. The summed E-state index contributed by atoms with van der Waals surface area (Å²) >= 11 is 0. The minimum absolute atomic E-state index is 0.0668. The van der Waals surface area contributed by atoms with Gasteiger partial charge in [-0.25, -0.2) is 10.9 Å². The fourth-order valence-corrected chi connectivity index (χ4v) is 5.11. The molecule has 4 rings (SSSR count). The van der Waals surface area contributed by atoms with Gasteiger partial charge in [-0.05, 0) is 24.1 Å². The third-order valence-electron chi connectivity index (χ3n) is 7.19. The number of ether oxygens (including phenoxy) is 1. The van der Waals surface area contributed by atoms with Crippen molar-refractivity contribution in [3.05, 3.63) is 53.1 Å². The molecule has 0 radical (unpaired) electrons. The van der Waals surface area contributed by atoms with Crippen LogP contribution in [-0.4, -0.2) is 79.0 Å². The molecule has 3 aliphatic heterocycles. The monoisotopic (exact) mass is 526 g/mol. The summed E-state index contributed by atoms with van der Waals surface area (Å²) in [6.45, 7) is 7.45. The average Bonchev–Trinajstić information content (AvgIpc) is 3.32. The number of fused-ring (bicyclic) bond motifs is 1. The van der Waals surface area contributed by atoms with Gasteiger partial charge in [0.1, 0.15) is 24.2 Å². The van der Waals surface area contributed by atoms with Crippen LogP contribution in [0.5, 0.6) is 5.75 Å². The maximum Gasteiger partial charge on any atom is 0.250 e.